The van der Waals surface area contributed by atoms with Crippen molar-refractivity contribution in [3.8, 4) is 0 Å². The summed E-state index contributed by atoms with van der Waals surface area (Å²) in [5.74, 6) is 1.13. The van der Waals surface area contributed by atoms with E-state index >= 15 is 0 Å². The third kappa shape index (κ3) is 2.63. The Morgan fingerprint density at radius 1 is 1.42 bits per heavy atom. The van der Waals surface area contributed by atoms with Crippen LogP contribution in [0.25, 0.3) is 11.0 Å². The summed E-state index contributed by atoms with van der Waals surface area (Å²) in [5.41, 5.74) is 0.713. The highest BCUT2D eigenvalue weighted by Gasteiger charge is 2.32. The third-order valence-corrected chi connectivity index (χ3v) is 4.84. The van der Waals surface area contributed by atoms with Crippen molar-refractivity contribution in [1.82, 2.24) is 19.8 Å². The zero-order valence-electron chi connectivity index (χ0n) is 13.2. The summed E-state index contributed by atoms with van der Waals surface area (Å²) in [6.45, 7) is 2.07. The van der Waals surface area contributed by atoms with E-state index in [9.17, 15) is 4.79 Å². The van der Waals surface area contributed by atoms with E-state index in [1.165, 1.54) is 0 Å². The van der Waals surface area contributed by atoms with Crippen LogP contribution in [0.15, 0.2) is 45.5 Å². The number of benzene rings is 1. The van der Waals surface area contributed by atoms with E-state index in [1.807, 2.05) is 40.9 Å². The molecule has 6 nitrogen and oxygen atoms in total. The van der Waals surface area contributed by atoms with Gasteiger partial charge in [-0.3, -0.25) is 4.79 Å². The zero-order chi connectivity index (χ0) is 16.7. The van der Waals surface area contributed by atoms with E-state index in [0.717, 1.165) is 22.2 Å². The summed E-state index contributed by atoms with van der Waals surface area (Å²) in [4.78, 5) is 19.3. The number of amides is 1. The highest BCUT2D eigenvalue weighted by Crippen LogP contribution is 2.27. The Balaban J connectivity index is 1.69. The number of imidazole rings is 1. The van der Waals surface area contributed by atoms with Crippen LogP contribution in [0.4, 0.5) is 0 Å². The number of carbonyl (C=O) groups is 1. The summed E-state index contributed by atoms with van der Waals surface area (Å²) < 4.78 is 8.69. The average Bonchev–Trinajstić information content (AvgIpc) is 3.19. The molecule has 0 aliphatic carbocycles. The number of halogens is 1. The molecule has 1 aliphatic heterocycles. The second kappa shape index (κ2) is 6.07. The molecule has 1 unspecified atom stereocenters. The topological polar surface area (TPSA) is 63.3 Å². The van der Waals surface area contributed by atoms with Crippen molar-refractivity contribution in [3.05, 3.63) is 52.7 Å². The largest absolute Gasteiger partial charge is 0.451 e. The Hall–Kier alpha value is -2.12. The molecule has 0 saturated carbocycles. The van der Waals surface area contributed by atoms with E-state index in [2.05, 4.69) is 26.2 Å². The molecule has 7 heteroatoms. The maximum atomic E-state index is 13.0. The van der Waals surface area contributed by atoms with E-state index in [1.54, 1.807) is 12.3 Å². The Labute approximate surface area is 147 Å². The van der Waals surface area contributed by atoms with Gasteiger partial charge in [-0.05, 0) is 24.3 Å². The minimum atomic E-state index is -0.105. The minimum Gasteiger partial charge on any atom is -0.451 e. The van der Waals surface area contributed by atoms with Gasteiger partial charge in [0.1, 0.15) is 17.4 Å². The molecular formula is C17H17BrN4O2. The molecule has 1 amide bonds. The van der Waals surface area contributed by atoms with Crippen LogP contribution >= 0.6 is 15.9 Å². The molecule has 1 aromatic carbocycles. The van der Waals surface area contributed by atoms with Gasteiger partial charge in [0.2, 0.25) is 0 Å². The van der Waals surface area contributed by atoms with Crippen LogP contribution in [-0.4, -0.2) is 40.0 Å². The molecule has 4 rings (SSSR count). The fraction of sp³-hybridized carbons (Fsp3) is 0.294. The Bertz CT molecular complexity index is 901. The Morgan fingerprint density at radius 3 is 3.08 bits per heavy atom. The normalized spacial score (nSPS) is 18.2. The number of carbonyl (C=O) groups excluding carboxylic acids is 1. The predicted octanol–water partition coefficient (Wildman–Crippen LogP) is 2.72. The molecule has 1 N–H and O–H groups in total. The zero-order valence-corrected chi connectivity index (χ0v) is 14.8. The quantitative estimate of drug-likeness (QED) is 0.732. The minimum absolute atomic E-state index is 0.100. The molecule has 3 aromatic rings. The van der Waals surface area contributed by atoms with Gasteiger partial charge in [-0.15, -0.1) is 0 Å². The number of aryl methyl sites for hydroxylation is 1. The molecule has 24 heavy (non-hydrogen) atoms. The number of nitrogens with one attached hydrogen (secondary N) is 1. The standard InChI is InChI=1S/C17H17BrN4O2/c1-21-6-5-20-16(21)13-10-19-4-7-22(13)17(23)15-9-11-8-12(18)2-3-14(11)24-15/h2-3,5-6,8-9,13,19H,4,7,10H2,1H3. The predicted molar refractivity (Wildman–Crippen MR) is 93.8 cm³/mol. The van der Waals surface area contributed by atoms with Crippen molar-refractivity contribution in [2.24, 2.45) is 7.05 Å². The maximum Gasteiger partial charge on any atom is 0.290 e. The Morgan fingerprint density at radius 2 is 2.29 bits per heavy atom. The molecule has 1 aliphatic rings. The molecule has 0 bridgehead atoms. The lowest BCUT2D eigenvalue weighted by Crippen LogP contribution is -2.49. The first-order valence-corrected chi connectivity index (χ1v) is 8.61. The highest BCUT2D eigenvalue weighted by molar-refractivity contribution is 9.10. The molecule has 0 radical (unpaired) electrons. The molecule has 1 saturated heterocycles. The van der Waals surface area contributed by atoms with Crippen molar-refractivity contribution in [3.63, 3.8) is 0 Å². The number of piperazine rings is 1. The number of fused-ring (bicyclic) bond motifs is 1. The number of furan rings is 1. The maximum absolute atomic E-state index is 13.0. The summed E-state index contributed by atoms with van der Waals surface area (Å²) in [7, 11) is 1.94. The first kappa shape index (κ1) is 15.4. The van der Waals surface area contributed by atoms with Crippen molar-refractivity contribution in [2.45, 2.75) is 6.04 Å². The van der Waals surface area contributed by atoms with Gasteiger partial charge in [0.25, 0.3) is 5.91 Å². The van der Waals surface area contributed by atoms with E-state index in [0.29, 0.717) is 24.4 Å². The highest BCUT2D eigenvalue weighted by atomic mass is 79.9. The monoisotopic (exact) mass is 388 g/mol. The fourth-order valence-electron chi connectivity index (χ4n) is 3.14. The van der Waals surface area contributed by atoms with E-state index in [4.69, 9.17) is 4.42 Å². The average molecular weight is 389 g/mol. The summed E-state index contributed by atoms with van der Waals surface area (Å²) in [5, 5.41) is 4.25. The van der Waals surface area contributed by atoms with Crippen LogP contribution in [0.3, 0.4) is 0 Å². The lowest BCUT2D eigenvalue weighted by atomic mass is 10.1. The molecule has 1 fully saturated rings. The van der Waals surface area contributed by atoms with Gasteiger partial charge in [0.05, 0.1) is 0 Å². The van der Waals surface area contributed by atoms with Crippen molar-refractivity contribution in [2.75, 3.05) is 19.6 Å². The third-order valence-electron chi connectivity index (χ3n) is 4.35. The number of hydrogen-bond acceptors (Lipinski definition) is 4. The van der Waals surface area contributed by atoms with Crippen LogP contribution in [-0.2, 0) is 7.05 Å². The second-order valence-corrected chi connectivity index (χ2v) is 6.82. The van der Waals surface area contributed by atoms with Crippen LogP contribution in [0.1, 0.15) is 22.4 Å². The summed E-state index contributed by atoms with van der Waals surface area (Å²) >= 11 is 3.44. The Kier molecular flexibility index (Phi) is 3.90. The van der Waals surface area contributed by atoms with Gasteiger partial charge in [0, 0.05) is 48.9 Å². The van der Waals surface area contributed by atoms with Crippen LogP contribution in [0, 0.1) is 0 Å². The number of aromatic nitrogens is 2. The summed E-state index contributed by atoms with van der Waals surface area (Å²) in [6, 6.07) is 7.42. The first-order chi connectivity index (χ1) is 11.6. The van der Waals surface area contributed by atoms with Crippen molar-refractivity contribution < 1.29 is 9.21 Å². The van der Waals surface area contributed by atoms with Crippen LogP contribution < -0.4 is 5.32 Å². The number of rotatable bonds is 2. The van der Waals surface area contributed by atoms with Gasteiger partial charge in [-0.2, -0.15) is 0 Å². The summed E-state index contributed by atoms with van der Waals surface area (Å²) in [6.07, 6.45) is 3.65. The lowest BCUT2D eigenvalue weighted by Gasteiger charge is -2.35. The second-order valence-electron chi connectivity index (χ2n) is 5.91. The van der Waals surface area contributed by atoms with Gasteiger partial charge < -0.3 is 19.2 Å². The van der Waals surface area contributed by atoms with Crippen molar-refractivity contribution in [1.29, 1.82) is 0 Å². The van der Waals surface area contributed by atoms with Crippen molar-refractivity contribution >= 4 is 32.8 Å². The smallest absolute Gasteiger partial charge is 0.290 e. The SMILES string of the molecule is Cn1ccnc1C1CNCCN1C(=O)c1cc2cc(Br)ccc2o1. The lowest BCUT2D eigenvalue weighted by molar-refractivity contribution is 0.0590. The van der Waals surface area contributed by atoms with Crippen LogP contribution in [0.5, 0.6) is 0 Å². The van der Waals surface area contributed by atoms with Gasteiger partial charge >= 0.3 is 0 Å². The molecule has 0 spiro atoms. The van der Waals surface area contributed by atoms with Crippen LogP contribution in [0.2, 0.25) is 0 Å². The molecule has 1 atom stereocenters. The molecule has 3 heterocycles. The number of hydrogen-bond donors (Lipinski definition) is 1. The fourth-order valence-corrected chi connectivity index (χ4v) is 3.52. The number of nitrogens with zero attached hydrogens (tertiary/aromatic N) is 3. The molecular weight excluding hydrogens is 372 g/mol. The van der Waals surface area contributed by atoms with E-state index < -0.39 is 0 Å². The van der Waals surface area contributed by atoms with E-state index in [-0.39, 0.29) is 11.9 Å². The van der Waals surface area contributed by atoms with Gasteiger partial charge in [-0.25, -0.2) is 4.98 Å². The molecule has 124 valence electrons. The molecule has 2 aromatic heterocycles. The van der Waals surface area contributed by atoms with Gasteiger partial charge in [0.15, 0.2) is 5.76 Å². The van der Waals surface area contributed by atoms with Gasteiger partial charge in [-0.1, -0.05) is 15.9 Å². The first-order valence-electron chi connectivity index (χ1n) is 7.81.